The number of nitrogen functional groups attached to an aromatic ring is 1. The topological polar surface area (TPSA) is 60.2 Å². The zero-order valence-electron chi connectivity index (χ0n) is 9.59. The molecule has 0 aliphatic carbocycles. The molecule has 6 heteroatoms. The van der Waals surface area contributed by atoms with Gasteiger partial charge in [-0.05, 0) is 25.8 Å². The van der Waals surface area contributed by atoms with Gasteiger partial charge < -0.3 is 15.8 Å². The number of nitrogens with two attached hydrogens (primary N) is 1. The molecule has 1 aromatic rings. The second kappa shape index (κ2) is 4.88. The van der Waals surface area contributed by atoms with Crippen molar-refractivity contribution in [3.05, 3.63) is 16.1 Å². The molecule has 1 fully saturated rings. The van der Waals surface area contributed by atoms with Gasteiger partial charge in [0.2, 0.25) is 0 Å². The summed E-state index contributed by atoms with van der Waals surface area (Å²) >= 11 is 11.9. The Labute approximate surface area is 110 Å². The van der Waals surface area contributed by atoms with E-state index in [2.05, 4.69) is 17.2 Å². The van der Waals surface area contributed by atoms with Crippen molar-refractivity contribution in [3.63, 3.8) is 0 Å². The zero-order chi connectivity index (χ0) is 12.5. The number of hydrogen-bond donors (Lipinski definition) is 2. The molecule has 0 radical (unpaired) electrons. The lowest BCUT2D eigenvalue weighted by Gasteiger charge is -2.35. The van der Waals surface area contributed by atoms with Gasteiger partial charge in [-0.2, -0.15) is 0 Å². The van der Waals surface area contributed by atoms with Crippen LogP contribution < -0.4 is 11.1 Å². The van der Waals surface area contributed by atoms with Gasteiger partial charge >= 0.3 is 0 Å². The Morgan fingerprint density at radius 3 is 2.65 bits per heavy atom. The highest BCUT2D eigenvalue weighted by Crippen LogP contribution is 2.31. The molecule has 1 aliphatic rings. The molecule has 2 heterocycles. The molecule has 0 unspecified atom stereocenters. The lowest BCUT2D eigenvalue weighted by Crippen LogP contribution is -2.41. The van der Waals surface area contributed by atoms with E-state index in [0.29, 0.717) is 15.9 Å². The number of ether oxygens (including phenoxy) is 1. The Hall–Kier alpha value is -0.710. The van der Waals surface area contributed by atoms with E-state index >= 15 is 0 Å². The number of halogens is 2. The number of aromatic nitrogens is 1. The van der Waals surface area contributed by atoms with Gasteiger partial charge in [0.15, 0.2) is 0 Å². The average molecular weight is 276 g/mol. The standard InChI is InChI=1S/C11H15Cl2N3O/c1-11(2-4-17-5-3-11)16-10-8(13)6-7(12)9(14)15-10/h6H,2-5H2,1H3,(H3,14,15,16). The summed E-state index contributed by atoms with van der Waals surface area (Å²) in [6.45, 7) is 3.60. The number of rotatable bonds is 2. The number of nitrogens with one attached hydrogen (secondary N) is 1. The zero-order valence-corrected chi connectivity index (χ0v) is 11.1. The molecule has 4 nitrogen and oxygen atoms in total. The van der Waals surface area contributed by atoms with Gasteiger partial charge in [-0.25, -0.2) is 4.98 Å². The second-order valence-corrected chi connectivity index (χ2v) is 5.30. The molecule has 1 aliphatic heterocycles. The van der Waals surface area contributed by atoms with Gasteiger partial charge in [-0.3, -0.25) is 0 Å². The summed E-state index contributed by atoms with van der Waals surface area (Å²) in [5.74, 6) is 0.868. The highest BCUT2D eigenvalue weighted by molar-refractivity contribution is 6.37. The summed E-state index contributed by atoms with van der Waals surface area (Å²) in [5, 5.41) is 4.19. The lowest BCUT2D eigenvalue weighted by atomic mass is 9.92. The maximum Gasteiger partial charge on any atom is 0.147 e. The number of pyridine rings is 1. The first kappa shape index (κ1) is 12.7. The fourth-order valence-corrected chi connectivity index (χ4v) is 2.21. The lowest BCUT2D eigenvalue weighted by molar-refractivity contribution is 0.0657. The van der Waals surface area contributed by atoms with Crippen LogP contribution >= 0.6 is 23.2 Å². The third-order valence-corrected chi connectivity index (χ3v) is 3.56. The van der Waals surface area contributed by atoms with Crippen molar-refractivity contribution in [2.75, 3.05) is 24.3 Å². The Kier molecular flexibility index (Phi) is 3.66. The SMILES string of the molecule is CC1(Nc2nc(N)c(Cl)cc2Cl)CCOCC1. The number of hydrogen-bond acceptors (Lipinski definition) is 4. The van der Waals surface area contributed by atoms with E-state index in [1.807, 2.05) is 0 Å². The third-order valence-electron chi connectivity index (χ3n) is 2.97. The molecule has 1 aromatic heterocycles. The van der Waals surface area contributed by atoms with E-state index in [0.717, 1.165) is 26.1 Å². The summed E-state index contributed by atoms with van der Waals surface area (Å²) < 4.78 is 5.34. The van der Waals surface area contributed by atoms with E-state index in [-0.39, 0.29) is 11.4 Å². The molecular formula is C11H15Cl2N3O. The predicted molar refractivity (Wildman–Crippen MR) is 70.8 cm³/mol. The van der Waals surface area contributed by atoms with Crippen LogP contribution in [0.3, 0.4) is 0 Å². The van der Waals surface area contributed by atoms with Crippen LogP contribution in [0.2, 0.25) is 10.0 Å². The molecule has 0 atom stereocenters. The maximum atomic E-state index is 6.09. The summed E-state index contributed by atoms with van der Waals surface area (Å²) in [6.07, 6.45) is 1.82. The molecule has 0 amide bonds. The normalized spacial score (nSPS) is 19.0. The van der Waals surface area contributed by atoms with E-state index < -0.39 is 0 Å². The van der Waals surface area contributed by atoms with Crippen LogP contribution in [-0.4, -0.2) is 23.7 Å². The van der Waals surface area contributed by atoms with Crippen molar-refractivity contribution in [1.82, 2.24) is 4.98 Å². The van der Waals surface area contributed by atoms with Gasteiger partial charge in [-0.1, -0.05) is 23.2 Å². The van der Waals surface area contributed by atoms with Gasteiger partial charge in [0, 0.05) is 18.8 Å². The minimum Gasteiger partial charge on any atom is -0.382 e. The molecule has 3 N–H and O–H groups in total. The summed E-state index contributed by atoms with van der Waals surface area (Å²) in [4.78, 5) is 4.17. The fourth-order valence-electron chi connectivity index (χ4n) is 1.80. The van der Waals surface area contributed by atoms with Crippen molar-refractivity contribution in [3.8, 4) is 0 Å². The summed E-state index contributed by atoms with van der Waals surface area (Å²) in [5.41, 5.74) is 5.61. The van der Waals surface area contributed by atoms with E-state index in [4.69, 9.17) is 33.7 Å². The largest absolute Gasteiger partial charge is 0.382 e. The smallest absolute Gasteiger partial charge is 0.147 e. The van der Waals surface area contributed by atoms with Crippen molar-refractivity contribution in [1.29, 1.82) is 0 Å². The summed E-state index contributed by atoms with van der Waals surface area (Å²) in [6, 6.07) is 1.61. The first-order chi connectivity index (χ1) is 8.00. The monoisotopic (exact) mass is 275 g/mol. The van der Waals surface area contributed by atoms with Gasteiger partial charge in [0.25, 0.3) is 0 Å². The molecule has 0 bridgehead atoms. The second-order valence-electron chi connectivity index (χ2n) is 4.48. The van der Waals surface area contributed by atoms with Gasteiger partial charge in [0.05, 0.1) is 10.0 Å². The van der Waals surface area contributed by atoms with Crippen LogP contribution in [0.4, 0.5) is 11.6 Å². The molecule has 94 valence electrons. The minimum atomic E-state index is -0.0604. The van der Waals surface area contributed by atoms with Crippen molar-refractivity contribution in [2.45, 2.75) is 25.3 Å². The quantitative estimate of drug-likeness (QED) is 0.871. The molecular weight excluding hydrogens is 261 g/mol. The minimum absolute atomic E-state index is 0.0604. The van der Waals surface area contributed by atoms with E-state index in [1.165, 1.54) is 0 Å². The Bertz CT molecular complexity index is 419. The van der Waals surface area contributed by atoms with Crippen LogP contribution in [0.5, 0.6) is 0 Å². The number of anilines is 2. The van der Waals surface area contributed by atoms with Crippen LogP contribution in [0.15, 0.2) is 6.07 Å². The highest BCUT2D eigenvalue weighted by atomic mass is 35.5. The van der Waals surface area contributed by atoms with Crippen LogP contribution in [0.1, 0.15) is 19.8 Å². The number of nitrogens with zero attached hydrogens (tertiary/aromatic N) is 1. The maximum absolute atomic E-state index is 6.09. The molecule has 0 aromatic carbocycles. The van der Waals surface area contributed by atoms with Crippen molar-refractivity contribution >= 4 is 34.8 Å². The third kappa shape index (κ3) is 2.94. The van der Waals surface area contributed by atoms with E-state index in [1.54, 1.807) is 6.07 Å². The first-order valence-electron chi connectivity index (χ1n) is 5.48. The molecule has 0 saturated carbocycles. The van der Waals surface area contributed by atoms with Gasteiger partial charge in [-0.15, -0.1) is 0 Å². The molecule has 1 saturated heterocycles. The Morgan fingerprint density at radius 2 is 2.00 bits per heavy atom. The molecule has 2 rings (SSSR count). The Morgan fingerprint density at radius 1 is 1.35 bits per heavy atom. The summed E-state index contributed by atoms with van der Waals surface area (Å²) in [7, 11) is 0. The average Bonchev–Trinajstić information content (AvgIpc) is 2.26. The first-order valence-corrected chi connectivity index (χ1v) is 6.23. The molecule has 17 heavy (non-hydrogen) atoms. The molecule has 0 spiro atoms. The van der Waals surface area contributed by atoms with Crippen LogP contribution in [0.25, 0.3) is 0 Å². The van der Waals surface area contributed by atoms with Crippen LogP contribution in [-0.2, 0) is 4.74 Å². The van der Waals surface area contributed by atoms with Crippen LogP contribution in [0, 0.1) is 0 Å². The van der Waals surface area contributed by atoms with Crippen molar-refractivity contribution < 1.29 is 4.74 Å². The highest BCUT2D eigenvalue weighted by Gasteiger charge is 2.28. The predicted octanol–water partition coefficient (Wildman–Crippen LogP) is 2.95. The van der Waals surface area contributed by atoms with E-state index in [9.17, 15) is 0 Å². The van der Waals surface area contributed by atoms with Crippen molar-refractivity contribution in [2.24, 2.45) is 0 Å². The fraction of sp³-hybridized carbons (Fsp3) is 0.545. The Balaban J connectivity index is 2.20. The van der Waals surface area contributed by atoms with Gasteiger partial charge in [0.1, 0.15) is 11.6 Å².